The van der Waals surface area contributed by atoms with E-state index in [-0.39, 0.29) is 0 Å². The molecule has 0 aliphatic carbocycles. The van der Waals surface area contributed by atoms with Crippen molar-refractivity contribution in [3.63, 3.8) is 0 Å². The molecule has 0 spiro atoms. The highest BCUT2D eigenvalue weighted by molar-refractivity contribution is 5.97. The van der Waals surface area contributed by atoms with Crippen LogP contribution in [0.25, 0.3) is 49.9 Å². The van der Waals surface area contributed by atoms with Crippen LogP contribution in [0.5, 0.6) is 0 Å². The Morgan fingerprint density at radius 1 is 0.757 bits per heavy atom. The Labute approximate surface area is 214 Å². The van der Waals surface area contributed by atoms with Gasteiger partial charge in [0.05, 0.1) is 17.9 Å². The second-order valence-electron chi connectivity index (χ2n) is 9.72. The van der Waals surface area contributed by atoms with E-state index in [4.69, 9.17) is 9.97 Å². The molecule has 0 atom stereocenters. The Bertz CT molecular complexity index is 1720. The van der Waals surface area contributed by atoms with Gasteiger partial charge in [-0.3, -0.25) is 4.68 Å². The minimum Gasteiger partial charge on any atom is -0.354 e. The van der Waals surface area contributed by atoms with Crippen molar-refractivity contribution in [2.24, 2.45) is 7.05 Å². The first kappa shape index (κ1) is 21.8. The van der Waals surface area contributed by atoms with Crippen LogP contribution < -0.4 is 4.90 Å². The maximum atomic E-state index is 4.78. The summed E-state index contributed by atoms with van der Waals surface area (Å²) in [4.78, 5) is 17.5. The highest BCUT2D eigenvalue weighted by Crippen LogP contribution is 2.33. The number of likely N-dealkylation sites (N-methyl/N-ethyl adjacent to an activating group) is 1. The van der Waals surface area contributed by atoms with Gasteiger partial charge in [-0.2, -0.15) is 10.2 Å². The molecule has 9 nitrogen and oxygen atoms in total. The lowest BCUT2D eigenvalue weighted by Crippen LogP contribution is -2.44. The molecule has 6 aromatic heterocycles. The summed E-state index contributed by atoms with van der Waals surface area (Å²) in [6.07, 6.45) is 13.7. The largest absolute Gasteiger partial charge is 0.354 e. The van der Waals surface area contributed by atoms with E-state index in [1.807, 2.05) is 59.6 Å². The van der Waals surface area contributed by atoms with E-state index >= 15 is 0 Å². The van der Waals surface area contributed by atoms with Gasteiger partial charge in [-0.05, 0) is 42.9 Å². The molecule has 0 bridgehead atoms. The molecular weight excluding hydrogens is 462 g/mol. The summed E-state index contributed by atoms with van der Waals surface area (Å²) >= 11 is 0. The number of aromatic amines is 1. The second kappa shape index (κ2) is 8.56. The smallest absolute Gasteiger partial charge is 0.137 e. The average Bonchev–Trinajstić information content (AvgIpc) is 3.66. The maximum absolute atomic E-state index is 4.78. The van der Waals surface area contributed by atoms with Gasteiger partial charge in [-0.25, -0.2) is 14.5 Å². The molecule has 1 aliphatic rings. The molecule has 7 heterocycles. The molecule has 0 radical (unpaired) electrons. The number of piperazine rings is 1. The Kier molecular flexibility index (Phi) is 5.03. The van der Waals surface area contributed by atoms with Crippen LogP contribution in [0.3, 0.4) is 0 Å². The predicted molar refractivity (Wildman–Crippen MR) is 145 cm³/mol. The van der Waals surface area contributed by atoms with Crippen molar-refractivity contribution in [2.75, 3.05) is 38.1 Å². The zero-order chi connectivity index (χ0) is 24.9. The lowest BCUT2D eigenvalue weighted by Gasteiger charge is -2.33. The Hall–Kier alpha value is -4.50. The molecule has 7 rings (SSSR count). The van der Waals surface area contributed by atoms with E-state index in [2.05, 4.69) is 62.4 Å². The predicted octanol–water partition coefficient (Wildman–Crippen LogP) is 4.09. The number of fused-ring (bicyclic) bond motifs is 2. The van der Waals surface area contributed by atoms with Gasteiger partial charge in [0.2, 0.25) is 0 Å². The summed E-state index contributed by atoms with van der Waals surface area (Å²) in [6.45, 7) is 4.14. The van der Waals surface area contributed by atoms with Crippen molar-refractivity contribution in [1.29, 1.82) is 0 Å². The topological polar surface area (TPSA) is 83.2 Å². The van der Waals surface area contributed by atoms with Crippen LogP contribution in [0.2, 0.25) is 0 Å². The number of nitrogens with zero attached hydrogens (tertiary/aromatic N) is 8. The standard InChI is InChI=1S/C28H27N9/c1-34-7-9-36(10-8-34)27-4-3-20(13-29-27)21-11-23-24(16-31-28(23)30-14-21)19-5-6-37-26(12-19)25(17-33-37)22-15-32-35(2)18-22/h3-6,11-18H,7-10H2,1-2H3,(H,30,31). The number of rotatable bonds is 4. The van der Waals surface area contributed by atoms with Gasteiger partial charge in [0.15, 0.2) is 0 Å². The monoisotopic (exact) mass is 489 g/mol. The van der Waals surface area contributed by atoms with Gasteiger partial charge in [0, 0.05) is 97.4 Å². The summed E-state index contributed by atoms with van der Waals surface area (Å²) in [5.41, 5.74) is 8.32. The Morgan fingerprint density at radius 2 is 1.62 bits per heavy atom. The van der Waals surface area contributed by atoms with E-state index < -0.39 is 0 Å². The van der Waals surface area contributed by atoms with Crippen molar-refractivity contribution in [3.05, 3.63) is 73.7 Å². The van der Waals surface area contributed by atoms with Crippen molar-refractivity contribution < 1.29 is 0 Å². The van der Waals surface area contributed by atoms with Gasteiger partial charge in [-0.1, -0.05) is 0 Å². The van der Waals surface area contributed by atoms with Crippen molar-refractivity contribution in [1.82, 2.24) is 39.2 Å². The quantitative estimate of drug-likeness (QED) is 0.402. The third-order valence-electron chi connectivity index (χ3n) is 7.29. The van der Waals surface area contributed by atoms with Crippen LogP contribution in [-0.4, -0.2) is 72.5 Å². The molecule has 37 heavy (non-hydrogen) atoms. The van der Waals surface area contributed by atoms with Gasteiger partial charge in [-0.15, -0.1) is 0 Å². The van der Waals surface area contributed by atoms with Crippen LogP contribution in [-0.2, 0) is 7.05 Å². The van der Waals surface area contributed by atoms with Gasteiger partial charge >= 0.3 is 0 Å². The second-order valence-corrected chi connectivity index (χ2v) is 9.72. The third kappa shape index (κ3) is 3.84. The molecular formula is C28H27N9. The normalized spacial score (nSPS) is 14.7. The van der Waals surface area contributed by atoms with E-state index in [1.165, 1.54) is 0 Å². The third-order valence-corrected chi connectivity index (χ3v) is 7.29. The fourth-order valence-electron chi connectivity index (χ4n) is 5.11. The van der Waals surface area contributed by atoms with Crippen LogP contribution in [0.1, 0.15) is 0 Å². The number of H-pyrrole nitrogens is 1. The van der Waals surface area contributed by atoms with E-state index in [9.17, 15) is 0 Å². The lowest BCUT2D eigenvalue weighted by atomic mass is 10.0. The Balaban J connectivity index is 1.24. The highest BCUT2D eigenvalue weighted by Gasteiger charge is 2.16. The van der Waals surface area contributed by atoms with Gasteiger partial charge in [0.25, 0.3) is 0 Å². The summed E-state index contributed by atoms with van der Waals surface area (Å²) in [7, 11) is 4.09. The first-order valence-corrected chi connectivity index (χ1v) is 12.5. The average molecular weight is 490 g/mol. The fraction of sp³-hybridized carbons (Fsp3) is 0.214. The minimum atomic E-state index is 0.863. The van der Waals surface area contributed by atoms with Crippen LogP contribution >= 0.6 is 0 Å². The first-order valence-electron chi connectivity index (χ1n) is 12.5. The van der Waals surface area contributed by atoms with E-state index in [0.717, 1.165) is 81.9 Å². The molecule has 0 amide bonds. The molecule has 1 saturated heterocycles. The molecule has 0 unspecified atom stereocenters. The van der Waals surface area contributed by atoms with Crippen LogP contribution in [0.4, 0.5) is 5.82 Å². The summed E-state index contributed by atoms with van der Waals surface area (Å²) in [5, 5.41) is 9.93. The number of aryl methyl sites for hydroxylation is 1. The van der Waals surface area contributed by atoms with E-state index in [1.54, 1.807) is 0 Å². The number of hydrogen-bond donors (Lipinski definition) is 1. The van der Waals surface area contributed by atoms with E-state index in [0.29, 0.717) is 0 Å². The molecule has 1 N–H and O–H groups in total. The number of aromatic nitrogens is 7. The molecule has 6 aromatic rings. The molecule has 0 saturated carbocycles. The molecule has 1 aliphatic heterocycles. The van der Waals surface area contributed by atoms with Crippen LogP contribution in [0.15, 0.2) is 73.7 Å². The molecule has 9 heteroatoms. The number of pyridine rings is 3. The summed E-state index contributed by atoms with van der Waals surface area (Å²) in [5.74, 6) is 1.03. The number of nitrogens with one attached hydrogen (secondary N) is 1. The lowest BCUT2D eigenvalue weighted by molar-refractivity contribution is 0.312. The highest BCUT2D eigenvalue weighted by atomic mass is 15.3. The fourth-order valence-corrected chi connectivity index (χ4v) is 5.11. The zero-order valence-corrected chi connectivity index (χ0v) is 20.8. The molecule has 1 fully saturated rings. The maximum Gasteiger partial charge on any atom is 0.137 e. The number of hydrogen-bond acceptors (Lipinski definition) is 6. The van der Waals surface area contributed by atoms with Crippen molar-refractivity contribution in [3.8, 4) is 33.4 Å². The van der Waals surface area contributed by atoms with Crippen molar-refractivity contribution in [2.45, 2.75) is 0 Å². The number of anilines is 1. The Morgan fingerprint density at radius 3 is 2.41 bits per heavy atom. The van der Waals surface area contributed by atoms with Crippen LogP contribution in [0, 0.1) is 0 Å². The molecule has 184 valence electrons. The van der Waals surface area contributed by atoms with Gasteiger partial charge in [0.1, 0.15) is 11.5 Å². The molecule has 0 aromatic carbocycles. The SMILES string of the molecule is CN1CCN(c2ccc(-c3cnc4[nH]cc(-c5ccn6ncc(-c7cnn(C)c7)c6c5)c4c3)cn2)CC1. The zero-order valence-electron chi connectivity index (χ0n) is 20.8. The minimum absolute atomic E-state index is 0.863. The summed E-state index contributed by atoms with van der Waals surface area (Å²) in [6, 6.07) is 10.7. The van der Waals surface area contributed by atoms with Crippen molar-refractivity contribution >= 4 is 22.4 Å². The summed E-state index contributed by atoms with van der Waals surface area (Å²) < 4.78 is 3.71. The first-order chi connectivity index (χ1) is 18.1. The van der Waals surface area contributed by atoms with Gasteiger partial charge < -0.3 is 14.8 Å².